The molecule has 1 aliphatic rings. The molecule has 0 spiro atoms. The van der Waals surface area contributed by atoms with Gasteiger partial charge in [0.2, 0.25) is 11.8 Å². The summed E-state index contributed by atoms with van der Waals surface area (Å²) in [6.45, 7) is 5.18. The van der Waals surface area contributed by atoms with E-state index in [0.29, 0.717) is 24.2 Å². The van der Waals surface area contributed by atoms with Crippen molar-refractivity contribution in [3.63, 3.8) is 0 Å². The number of morpholine rings is 1. The van der Waals surface area contributed by atoms with Gasteiger partial charge in [-0.3, -0.25) is 4.79 Å². The smallest absolute Gasteiger partial charge is 0.277 e. The first-order valence-electron chi connectivity index (χ1n) is 8.09. The minimum absolute atomic E-state index is 0.0520. The Labute approximate surface area is 150 Å². The topological polar surface area (TPSA) is 77.7 Å². The minimum atomic E-state index is 0.0520. The third kappa shape index (κ3) is 4.52. The molecular formula is C17H21N3O4S. The summed E-state index contributed by atoms with van der Waals surface area (Å²) >= 11 is 1.25. The van der Waals surface area contributed by atoms with Crippen LogP contribution in [0.25, 0.3) is 11.5 Å². The Bertz CT molecular complexity index is 709. The zero-order chi connectivity index (χ0) is 17.8. The number of hydrogen-bond donors (Lipinski definition) is 0. The number of nitrogens with zero attached hydrogens (tertiary/aromatic N) is 3. The molecular weight excluding hydrogens is 342 g/mol. The zero-order valence-corrected chi connectivity index (χ0v) is 15.3. The summed E-state index contributed by atoms with van der Waals surface area (Å²) in [6, 6.07) is 7.36. The van der Waals surface area contributed by atoms with E-state index in [2.05, 4.69) is 10.2 Å². The maximum Gasteiger partial charge on any atom is 0.277 e. The van der Waals surface area contributed by atoms with Crippen LogP contribution in [0.5, 0.6) is 5.75 Å². The molecule has 1 aliphatic heterocycles. The first-order valence-corrected chi connectivity index (χ1v) is 9.07. The van der Waals surface area contributed by atoms with Crippen LogP contribution in [0, 0.1) is 0 Å². The van der Waals surface area contributed by atoms with Crippen molar-refractivity contribution in [2.75, 3.05) is 26.0 Å². The molecule has 3 rings (SSSR count). The number of thioether (sulfide) groups is 1. The van der Waals surface area contributed by atoms with Crippen molar-refractivity contribution in [2.24, 2.45) is 0 Å². The summed E-state index contributed by atoms with van der Waals surface area (Å²) in [4.78, 5) is 14.2. The van der Waals surface area contributed by atoms with Gasteiger partial charge in [-0.25, -0.2) is 0 Å². The van der Waals surface area contributed by atoms with Crippen molar-refractivity contribution in [1.29, 1.82) is 0 Å². The van der Waals surface area contributed by atoms with Gasteiger partial charge >= 0.3 is 0 Å². The summed E-state index contributed by atoms with van der Waals surface area (Å²) in [5, 5.41) is 8.42. The fourth-order valence-corrected chi connectivity index (χ4v) is 3.38. The third-order valence-corrected chi connectivity index (χ3v) is 4.64. The van der Waals surface area contributed by atoms with Gasteiger partial charge in [-0.1, -0.05) is 11.8 Å². The number of methoxy groups -OCH3 is 1. The van der Waals surface area contributed by atoms with Crippen LogP contribution in [0.2, 0.25) is 0 Å². The van der Waals surface area contributed by atoms with Crippen molar-refractivity contribution >= 4 is 17.7 Å². The highest BCUT2D eigenvalue weighted by molar-refractivity contribution is 7.99. The van der Waals surface area contributed by atoms with Gasteiger partial charge in [-0.2, -0.15) is 0 Å². The van der Waals surface area contributed by atoms with Crippen LogP contribution in [-0.4, -0.2) is 59.2 Å². The quantitative estimate of drug-likeness (QED) is 0.755. The van der Waals surface area contributed by atoms with Gasteiger partial charge in [0, 0.05) is 18.7 Å². The van der Waals surface area contributed by atoms with E-state index in [0.717, 1.165) is 11.3 Å². The summed E-state index contributed by atoms with van der Waals surface area (Å²) in [6.07, 6.45) is 0.116. The Balaban J connectivity index is 1.57. The minimum Gasteiger partial charge on any atom is -0.497 e. The fourth-order valence-electron chi connectivity index (χ4n) is 2.71. The Hall–Kier alpha value is -2.06. The Kier molecular flexibility index (Phi) is 5.60. The lowest BCUT2D eigenvalue weighted by molar-refractivity contribution is -0.140. The van der Waals surface area contributed by atoms with Crippen molar-refractivity contribution in [3.8, 4) is 17.2 Å². The average Bonchev–Trinajstić information content (AvgIpc) is 3.08. The standard InChI is InChI=1S/C17H21N3O4S/c1-11-8-20(9-12(2)23-11)15(21)10-25-17-19-18-16(24-17)13-4-6-14(22-3)7-5-13/h4-7,11-12H,8-10H2,1-3H3/t11-,12+. The zero-order valence-electron chi connectivity index (χ0n) is 14.5. The highest BCUT2D eigenvalue weighted by atomic mass is 32.2. The van der Waals surface area contributed by atoms with Crippen LogP contribution in [0.4, 0.5) is 0 Å². The van der Waals surface area contributed by atoms with E-state index in [1.54, 1.807) is 7.11 Å². The predicted octanol–water partition coefficient (Wildman–Crippen LogP) is 2.47. The van der Waals surface area contributed by atoms with E-state index in [-0.39, 0.29) is 23.9 Å². The van der Waals surface area contributed by atoms with Crippen LogP contribution >= 0.6 is 11.8 Å². The van der Waals surface area contributed by atoms with E-state index in [1.165, 1.54) is 11.8 Å². The van der Waals surface area contributed by atoms with Crippen LogP contribution in [0.3, 0.4) is 0 Å². The van der Waals surface area contributed by atoms with Gasteiger partial charge in [0.05, 0.1) is 25.1 Å². The Morgan fingerprint density at radius 3 is 2.56 bits per heavy atom. The lowest BCUT2D eigenvalue weighted by Crippen LogP contribution is -2.48. The first-order chi connectivity index (χ1) is 12.0. The second-order valence-corrected chi connectivity index (χ2v) is 6.87. The molecule has 0 unspecified atom stereocenters. The number of amides is 1. The van der Waals surface area contributed by atoms with E-state index < -0.39 is 0 Å². The van der Waals surface area contributed by atoms with E-state index in [1.807, 2.05) is 43.0 Å². The number of carbonyl (C=O) groups excluding carboxylic acids is 1. The molecule has 2 aromatic rings. The Morgan fingerprint density at radius 1 is 1.24 bits per heavy atom. The molecule has 134 valence electrons. The molecule has 0 aliphatic carbocycles. The van der Waals surface area contributed by atoms with Gasteiger partial charge in [-0.05, 0) is 38.1 Å². The molecule has 1 aromatic heterocycles. The average molecular weight is 363 g/mol. The lowest BCUT2D eigenvalue weighted by atomic mass is 10.2. The Morgan fingerprint density at radius 2 is 1.92 bits per heavy atom. The molecule has 7 nitrogen and oxygen atoms in total. The van der Waals surface area contributed by atoms with Gasteiger partial charge in [-0.15, -0.1) is 10.2 Å². The monoisotopic (exact) mass is 363 g/mol. The van der Waals surface area contributed by atoms with Gasteiger partial charge in [0.25, 0.3) is 5.22 Å². The van der Waals surface area contributed by atoms with Gasteiger partial charge in [0.15, 0.2) is 0 Å². The number of benzene rings is 1. The lowest BCUT2D eigenvalue weighted by Gasteiger charge is -2.35. The van der Waals surface area contributed by atoms with Crippen LogP contribution in [0.1, 0.15) is 13.8 Å². The van der Waals surface area contributed by atoms with E-state index >= 15 is 0 Å². The molecule has 0 bridgehead atoms. The summed E-state index contributed by atoms with van der Waals surface area (Å²) in [5.41, 5.74) is 0.808. The number of rotatable bonds is 5. The second-order valence-electron chi connectivity index (χ2n) is 5.95. The summed E-state index contributed by atoms with van der Waals surface area (Å²) < 4.78 is 16.4. The number of carbonyl (C=O) groups is 1. The molecule has 2 heterocycles. The summed E-state index contributed by atoms with van der Waals surface area (Å²) in [5.74, 6) is 1.50. The molecule has 1 amide bonds. The van der Waals surface area contributed by atoms with Crippen molar-refractivity contribution in [3.05, 3.63) is 24.3 Å². The van der Waals surface area contributed by atoms with Gasteiger partial charge < -0.3 is 18.8 Å². The summed E-state index contributed by atoms with van der Waals surface area (Å²) in [7, 11) is 1.61. The molecule has 1 fully saturated rings. The van der Waals surface area contributed by atoms with Crippen molar-refractivity contribution in [1.82, 2.24) is 15.1 Å². The van der Waals surface area contributed by atoms with Crippen LogP contribution < -0.4 is 4.74 Å². The fraction of sp³-hybridized carbons (Fsp3) is 0.471. The van der Waals surface area contributed by atoms with Crippen molar-refractivity contribution in [2.45, 2.75) is 31.3 Å². The molecule has 0 radical (unpaired) electrons. The molecule has 8 heteroatoms. The first kappa shape index (κ1) is 17.8. The molecule has 1 saturated heterocycles. The van der Waals surface area contributed by atoms with Crippen molar-refractivity contribution < 1.29 is 18.7 Å². The number of aromatic nitrogens is 2. The molecule has 2 atom stereocenters. The second kappa shape index (κ2) is 7.88. The number of hydrogen-bond acceptors (Lipinski definition) is 7. The highest BCUT2D eigenvalue weighted by Gasteiger charge is 2.26. The maximum absolute atomic E-state index is 12.4. The molecule has 0 N–H and O–H groups in total. The number of ether oxygens (including phenoxy) is 2. The highest BCUT2D eigenvalue weighted by Crippen LogP contribution is 2.25. The van der Waals surface area contributed by atoms with Gasteiger partial charge in [0.1, 0.15) is 5.75 Å². The molecule has 0 saturated carbocycles. The maximum atomic E-state index is 12.4. The molecule has 25 heavy (non-hydrogen) atoms. The van der Waals surface area contributed by atoms with E-state index in [4.69, 9.17) is 13.9 Å². The third-order valence-electron chi connectivity index (χ3n) is 3.83. The van der Waals surface area contributed by atoms with E-state index in [9.17, 15) is 4.79 Å². The molecule has 1 aromatic carbocycles. The predicted molar refractivity (Wildman–Crippen MR) is 93.6 cm³/mol. The largest absolute Gasteiger partial charge is 0.497 e. The van der Waals surface area contributed by atoms with Crippen LogP contribution in [0.15, 0.2) is 33.9 Å². The normalized spacial score (nSPS) is 20.5. The van der Waals surface area contributed by atoms with Crippen LogP contribution in [-0.2, 0) is 9.53 Å². The SMILES string of the molecule is COc1ccc(-c2nnc(SCC(=O)N3C[C@@H](C)O[C@@H](C)C3)o2)cc1.